The Morgan fingerprint density at radius 2 is 2.06 bits per heavy atom. The summed E-state index contributed by atoms with van der Waals surface area (Å²) in [5.74, 6) is 1.26. The van der Waals surface area contributed by atoms with Crippen molar-refractivity contribution in [3.05, 3.63) is 41.3 Å². The Labute approximate surface area is 102 Å². The molecular formula is C15H18N2. The third-order valence-corrected chi connectivity index (χ3v) is 3.58. The van der Waals surface area contributed by atoms with Crippen molar-refractivity contribution in [3.63, 3.8) is 0 Å². The molecule has 0 amide bonds. The summed E-state index contributed by atoms with van der Waals surface area (Å²) in [6.45, 7) is 5.43. The molecule has 2 heterocycles. The summed E-state index contributed by atoms with van der Waals surface area (Å²) in [6, 6.07) is 6.58. The second kappa shape index (κ2) is 4.02. The lowest BCUT2D eigenvalue weighted by Crippen LogP contribution is -2.08. The van der Waals surface area contributed by atoms with Gasteiger partial charge in [-0.15, -0.1) is 0 Å². The van der Waals surface area contributed by atoms with Crippen LogP contribution < -0.4 is 0 Å². The number of hydrogen-bond donors (Lipinski definition) is 0. The first-order valence-electron chi connectivity index (χ1n) is 6.38. The highest BCUT2D eigenvalue weighted by Gasteiger charge is 2.14. The zero-order chi connectivity index (χ0) is 11.8. The Kier molecular flexibility index (Phi) is 2.50. The van der Waals surface area contributed by atoms with Crippen molar-refractivity contribution in [3.8, 4) is 11.3 Å². The number of rotatable bonds is 1. The van der Waals surface area contributed by atoms with E-state index < -0.39 is 0 Å². The van der Waals surface area contributed by atoms with Crippen molar-refractivity contribution in [1.29, 1.82) is 0 Å². The quantitative estimate of drug-likeness (QED) is 0.727. The molecule has 1 aromatic carbocycles. The van der Waals surface area contributed by atoms with Crippen LogP contribution in [0, 0.1) is 13.8 Å². The van der Waals surface area contributed by atoms with Crippen LogP contribution in [0.5, 0.6) is 0 Å². The minimum Gasteiger partial charge on any atom is -0.334 e. The molecule has 3 rings (SSSR count). The van der Waals surface area contributed by atoms with Gasteiger partial charge in [0, 0.05) is 24.7 Å². The highest BCUT2D eigenvalue weighted by atomic mass is 15.1. The maximum atomic E-state index is 4.79. The number of aryl methyl sites for hydroxylation is 4. The molecule has 0 saturated heterocycles. The number of imidazole rings is 1. The molecule has 0 atom stereocenters. The van der Waals surface area contributed by atoms with Gasteiger partial charge < -0.3 is 4.57 Å². The summed E-state index contributed by atoms with van der Waals surface area (Å²) in [6.07, 6.45) is 5.92. The molecule has 0 fully saturated rings. The summed E-state index contributed by atoms with van der Waals surface area (Å²) in [4.78, 5) is 4.79. The maximum Gasteiger partial charge on any atom is 0.109 e. The Morgan fingerprint density at radius 1 is 1.18 bits per heavy atom. The summed E-state index contributed by atoms with van der Waals surface area (Å²) >= 11 is 0. The van der Waals surface area contributed by atoms with Crippen LogP contribution in [-0.2, 0) is 13.0 Å². The van der Waals surface area contributed by atoms with E-state index in [0.717, 1.165) is 18.7 Å². The second-order valence-corrected chi connectivity index (χ2v) is 5.01. The standard InChI is InChI=1S/C15H18N2/c1-11-6-7-12(2)13(9-11)14-10-17-8-4-3-5-15(17)16-14/h6-7,9-10H,3-5,8H2,1-2H3. The van der Waals surface area contributed by atoms with Gasteiger partial charge in [-0.3, -0.25) is 0 Å². The highest BCUT2D eigenvalue weighted by Crippen LogP contribution is 2.26. The van der Waals surface area contributed by atoms with E-state index in [-0.39, 0.29) is 0 Å². The van der Waals surface area contributed by atoms with E-state index in [2.05, 4.69) is 42.8 Å². The summed E-state index contributed by atoms with van der Waals surface area (Å²) in [5, 5.41) is 0. The first kappa shape index (κ1) is 10.6. The van der Waals surface area contributed by atoms with Crippen LogP contribution in [0.4, 0.5) is 0 Å². The molecule has 2 aromatic rings. The fourth-order valence-corrected chi connectivity index (χ4v) is 2.55. The predicted molar refractivity (Wildman–Crippen MR) is 70.1 cm³/mol. The lowest BCUT2D eigenvalue weighted by molar-refractivity contribution is 0.522. The molecule has 88 valence electrons. The number of fused-ring (bicyclic) bond motifs is 1. The molecule has 0 saturated carbocycles. The normalized spacial score (nSPS) is 14.7. The van der Waals surface area contributed by atoms with E-state index in [1.54, 1.807) is 0 Å². The third-order valence-electron chi connectivity index (χ3n) is 3.58. The van der Waals surface area contributed by atoms with Gasteiger partial charge >= 0.3 is 0 Å². The van der Waals surface area contributed by atoms with E-state index in [1.807, 2.05) is 0 Å². The molecule has 0 unspecified atom stereocenters. The minimum absolute atomic E-state index is 1.13. The van der Waals surface area contributed by atoms with Crippen LogP contribution in [0.3, 0.4) is 0 Å². The Hall–Kier alpha value is -1.57. The van der Waals surface area contributed by atoms with Crippen molar-refractivity contribution in [2.75, 3.05) is 0 Å². The molecule has 0 bridgehead atoms. The van der Waals surface area contributed by atoms with Gasteiger partial charge in [0.1, 0.15) is 5.82 Å². The van der Waals surface area contributed by atoms with Gasteiger partial charge in [0.25, 0.3) is 0 Å². The predicted octanol–water partition coefficient (Wildman–Crippen LogP) is 3.50. The Balaban J connectivity index is 2.08. The third kappa shape index (κ3) is 1.88. The first-order chi connectivity index (χ1) is 8.24. The summed E-state index contributed by atoms with van der Waals surface area (Å²) in [5.41, 5.74) is 5.04. The lowest BCUT2D eigenvalue weighted by Gasteiger charge is -2.11. The van der Waals surface area contributed by atoms with Gasteiger partial charge in [0.05, 0.1) is 5.69 Å². The van der Waals surface area contributed by atoms with E-state index >= 15 is 0 Å². The van der Waals surface area contributed by atoms with Crippen molar-refractivity contribution in [2.24, 2.45) is 0 Å². The van der Waals surface area contributed by atoms with Crippen molar-refractivity contribution in [2.45, 2.75) is 39.7 Å². The van der Waals surface area contributed by atoms with Gasteiger partial charge in [0.15, 0.2) is 0 Å². The topological polar surface area (TPSA) is 17.8 Å². The molecule has 2 heteroatoms. The minimum atomic E-state index is 1.13. The van der Waals surface area contributed by atoms with Crippen molar-refractivity contribution in [1.82, 2.24) is 9.55 Å². The van der Waals surface area contributed by atoms with Crippen LogP contribution in [-0.4, -0.2) is 9.55 Å². The first-order valence-corrected chi connectivity index (χ1v) is 6.38. The van der Waals surface area contributed by atoms with Crippen molar-refractivity contribution < 1.29 is 0 Å². The molecule has 0 radical (unpaired) electrons. The largest absolute Gasteiger partial charge is 0.334 e. The monoisotopic (exact) mass is 226 g/mol. The van der Waals surface area contributed by atoms with Gasteiger partial charge in [-0.2, -0.15) is 0 Å². The second-order valence-electron chi connectivity index (χ2n) is 5.01. The fraction of sp³-hybridized carbons (Fsp3) is 0.400. The lowest BCUT2D eigenvalue weighted by atomic mass is 10.0. The fourth-order valence-electron chi connectivity index (χ4n) is 2.55. The molecule has 0 aliphatic carbocycles. The molecular weight excluding hydrogens is 208 g/mol. The van der Waals surface area contributed by atoms with E-state index in [9.17, 15) is 0 Å². The number of nitrogens with zero attached hydrogens (tertiary/aromatic N) is 2. The zero-order valence-corrected chi connectivity index (χ0v) is 10.5. The van der Waals surface area contributed by atoms with Crippen LogP contribution in [0.25, 0.3) is 11.3 Å². The summed E-state index contributed by atoms with van der Waals surface area (Å²) < 4.78 is 2.32. The highest BCUT2D eigenvalue weighted by molar-refractivity contribution is 5.64. The SMILES string of the molecule is Cc1ccc(C)c(-c2cn3c(n2)CCCC3)c1. The number of benzene rings is 1. The van der Waals surface area contributed by atoms with Crippen molar-refractivity contribution >= 4 is 0 Å². The van der Waals surface area contributed by atoms with Crippen LogP contribution in [0.15, 0.2) is 24.4 Å². The van der Waals surface area contributed by atoms with Gasteiger partial charge in [-0.1, -0.05) is 17.7 Å². The average molecular weight is 226 g/mol. The smallest absolute Gasteiger partial charge is 0.109 e. The van der Waals surface area contributed by atoms with Crippen LogP contribution in [0.1, 0.15) is 29.8 Å². The maximum absolute atomic E-state index is 4.79. The van der Waals surface area contributed by atoms with Crippen LogP contribution >= 0.6 is 0 Å². The molecule has 0 N–H and O–H groups in total. The summed E-state index contributed by atoms with van der Waals surface area (Å²) in [7, 11) is 0. The molecule has 1 aliphatic heterocycles. The number of hydrogen-bond acceptors (Lipinski definition) is 1. The van der Waals surface area contributed by atoms with Gasteiger partial charge in [-0.05, 0) is 38.3 Å². The van der Waals surface area contributed by atoms with E-state index in [0.29, 0.717) is 0 Å². The van der Waals surface area contributed by atoms with Gasteiger partial charge in [-0.25, -0.2) is 4.98 Å². The van der Waals surface area contributed by atoms with Crippen LogP contribution in [0.2, 0.25) is 0 Å². The number of aromatic nitrogens is 2. The van der Waals surface area contributed by atoms with E-state index in [1.165, 1.54) is 35.4 Å². The Morgan fingerprint density at radius 3 is 2.88 bits per heavy atom. The molecule has 1 aromatic heterocycles. The van der Waals surface area contributed by atoms with E-state index in [4.69, 9.17) is 4.98 Å². The zero-order valence-electron chi connectivity index (χ0n) is 10.5. The average Bonchev–Trinajstić information content (AvgIpc) is 2.75. The molecule has 0 spiro atoms. The molecule has 2 nitrogen and oxygen atoms in total. The molecule has 17 heavy (non-hydrogen) atoms. The molecule has 1 aliphatic rings. The Bertz CT molecular complexity index is 529. The van der Waals surface area contributed by atoms with Gasteiger partial charge in [0.2, 0.25) is 0 Å².